The molecule has 0 aliphatic carbocycles. The molecule has 0 saturated heterocycles. The third kappa shape index (κ3) is 9.26. The monoisotopic (exact) mass is 216 g/mol. The molecule has 0 aromatic carbocycles. The van der Waals surface area contributed by atoms with Gasteiger partial charge in [0.1, 0.15) is 0 Å². The van der Waals surface area contributed by atoms with E-state index in [-0.39, 0.29) is 34.1 Å². The molecule has 0 rings (SSSR count). The molecule has 2 radical (unpaired) electrons. The van der Waals surface area contributed by atoms with Gasteiger partial charge in [-0.25, -0.2) is 0 Å². The Balaban J connectivity index is -0.00000000500. The van der Waals surface area contributed by atoms with E-state index in [1.54, 1.807) is 0 Å². The van der Waals surface area contributed by atoms with E-state index in [1.165, 1.54) is 0 Å². The van der Waals surface area contributed by atoms with Gasteiger partial charge >= 0.3 is 24.5 Å². The van der Waals surface area contributed by atoms with E-state index in [9.17, 15) is 0 Å². The van der Waals surface area contributed by atoms with Gasteiger partial charge in [0.05, 0.1) is 0 Å². The molecule has 0 unspecified atom stereocenters. The fourth-order valence-electron chi connectivity index (χ4n) is 0. The zero-order valence-corrected chi connectivity index (χ0v) is 5.01. The van der Waals surface area contributed by atoms with Crippen LogP contribution < -0.4 is 0 Å². The third-order valence-electron chi connectivity index (χ3n) is 0. The summed E-state index contributed by atoms with van der Waals surface area (Å²) in [4.78, 5) is 0. The van der Waals surface area contributed by atoms with Gasteiger partial charge in [0.25, 0.3) is 0 Å². The Bertz CT molecular complexity index is 6.00. The van der Waals surface area contributed by atoms with Gasteiger partial charge in [-0.2, -0.15) is 0 Å². The second-order valence-electron chi connectivity index (χ2n) is 0. The Morgan fingerprint density at radius 1 is 1.00 bits per heavy atom. The zero-order chi connectivity index (χ0) is 2.00. The molecule has 38 valence electrons. The normalized spacial score (nSPS) is 1.50. The maximum absolute atomic E-state index is 3.71. The van der Waals surface area contributed by atoms with Crippen LogP contribution in [0.2, 0.25) is 0 Å². The van der Waals surface area contributed by atoms with Crippen LogP contribution in [0.4, 0.5) is 0 Å². The Hall–Kier alpha value is 1.75. The van der Waals surface area contributed by atoms with Crippen molar-refractivity contribution in [1.29, 1.82) is 0 Å². The van der Waals surface area contributed by atoms with Gasteiger partial charge in [-0.3, -0.25) is 0 Å². The van der Waals surface area contributed by atoms with Crippen molar-refractivity contribution in [1.82, 2.24) is 0 Å². The van der Waals surface area contributed by atoms with Gasteiger partial charge in [-0.15, -0.1) is 0 Å². The molecule has 0 aliphatic heterocycles. The van der Waals surface area contributed by atoms with Crippen molar-refractivity contribution in [3.8, 4) is 0 Å². The molecule has 4 heavy (non-hydrogen) atoms. The van der Waals surface area contributed by atoms with Gasteiger partial charge in [0.2, 0.25) is 0 Å². The second-order valence-corrected chi connectivity index (χ2v) is 0. The summed E-state index contributed by atoms with van der Waals surface area (Å²) in [6, 6.07) is 0. The molecule has 0 nitrogen and oxygen atoms in total. The third-order valence-corrected chi connectivity index (χ3v) is 0. The van der Waals surface area contributed by atoms with Crippen LogP contribution in [-0.2, 0) is 48.0 Å². The second kappa shape index (κ2) is 21.8. The minimum absolute atomic E-state index is 0. The van der Waals surface area contributed by atoms with E-state index in [0.717, 1.165) is 0 Å². The zero-order valence-electron chi connectivity index (χ0n) is 1.33. The van der Waals surface area contributed by atoms with E-state index in [1.807, 2.05) is 0 Å². The summed E-state index contributed by atoms with van der Waals surface area (Å²) in [6.45, 7) is 0. The molecule has 0 atom stereocenters. The quantitative estimate of drug-likeness (QED) is 0.537. The van der Waals surface area contributed by atoms with E-state index in [0.29, 0.717) is 0 Å². The first-order valence-corrected chi connectivity index (χ1v) is 1.60. The average molecular weight is 218 g/mol. The standard InChI is InChI=1S/2Cu.Ni.S. The molecule has 0 fully saturated rings. The molecular weight excluding hydrogens is 218 g/mol. The van der Waals surface area contributed by atoms with Crippen LogP contribution in [0, 0.1) is 0 Å². The van der Waals surface area contributed by atoms with Gasteiger partial charge in [-0.1, -0.05) is 0 Å². The van der Waals surface area contributed by atoms with E-state index < -0.39 is 0 Å². The van der Waals surface area contributed by atoms with Crippen LogP contribution in [0.25, 0.3) is 0 Å². The van der Waals surface area contributed by atoms with Gasteiger partial charge in [0.15, 0.2) is 0 Å². The van der Waals surface area contributed by atoms with Crippen molar-refractivity contribution in [2.75, 3.05) is 0 Å². The van der Waals surface area contributed by atoms with E-state index in [4.69, 9.17) is 0 Å². The summed E-state index contributed by atoms with van der Waals surface area (Å²) in [7, 11) is 3.71. The first-order valence-electron chi connectivity index (χ1n) is 0.129. The summed E-state index contributed by atoms with van der Waals surface area (Å²) in [6.07, 6.45) is 0. The van der Waals surface area contributed by atoms with Crippen molar-refractivity contribution in [2.45, 2.75) is 0 Å². The Morgan fingerprint density at radius 2 is 1.00 bits per heavy atom. The van der Waals surface area contributed by atoms with Crippen LogP contribution in [0.15, 0.2) is 0 Å². The molecule has 0 aromatic rings. The fourth-order valence-corrected chi connectivity index (χ4v) is 0. The molecule has 0 heterocycles. The molecule has 0 spiro atoms. The van der Waals surface area contributed by atoms with E-state index >= 15 is 0 Å². The van der Waals surface area contributed by atoms with Gasteiger partial charge < -0.3 is 0 Å². The van der Waals surface area contributed by atoms with Crippen LogP contribution in [-0.4, -0.2) is 0 Å². The molecular formula is Cu2NiS. The first kappa shape index (κ1) is 17.1. The summed E-state index contributed by atoms with van der Waals surface area (Å²) in [5, 5.41) is 0. The van der Waals surface area contributed by atoms with Crippen molar-refractivity contribution in [2.24, 2.45) is 0 Å². The summed E-state index contributed by atoms with van der Waals surface area (Å²) >= 11 is 3.46. The molecule has 0 bridgehead atoms. The predicted molar refractivity (Wildman–Crippen MR) is 7.59 cm³/mol. The Morgan fingerprint density at radius 3 is 1.00 bits per heavy atom. The van der Waals surface area contributed by atoms with Gasteiger partial charge in [-0.05, 0) is 0 Å². The summed E-state index contributed by atoms with van der Waals surface area (Å²) in [5.41, 5.74) is 0. The molecule has 0 N–H and O–H groups in total. The predicted octanol–water partition coefficient (Wildman–Crippen LogP) is 0.641. The molecule has 0 aromatic heterocycles. The Labute approximate surface area is 58.3 Å². The van der Waals surface area contributed by atoms with Crippen molar-refractivity contribution >= 4 is 10.7 Å². The summed E-state index contributed by atoms with van der Waals surface area (Å²) in [5.74, 6) is 0. The van der Waals surface area contributed by atoms with Crippen LogP contribution in [0.3, 0.4) is 0 Å². The minimum atomic E-state index is 0. The summed E-state index contributed by atoms with van der Waals surface area (Å²) < 4.78 is 0. The van der Waals surface area contributed by atoms with Crippen molar-refractivity contribution in [3.63, 3.8) is 0 Å². The van der Waals surface area contributed by atoms with Crippen LogP contribution >= 0.6 is 10.7 Å². The topological polar surface area (TPSA) is 0 Å². The van der Waals surface area contributed by atoms with Crippen LogP contribution in [0.5, 0.6) is 0 Å². The molecule has 0 saturated carbocycles. The molecule has 4 heteroatoms. The number of rotatable bonds is 0. The fraction of sp³-hybridized carbons (Fsp3) is 0. The SMILES string of the molecule is [Cu].[Cu].[S]=[Ni]. The van der Waals surface area contributed by atoms with E-state index in [2.05, 4.69) is 24.5 Å². The maximum atomic E-state index is 3.71. The first-order chi connectivity index (χ1) is 1.00. The van der Waals surface area contributed by atoms with Crippen molar-refractivity contribution in [3.05, 3.63) is 0 Å². The number of hydrogen-bond donors (Lipinski definition) is 0. The molecule has 0 aliphatic rings. The van der Waals surface area contributed by atoms with Gasteiger partial charge in [0, 0.05) is 34.1 Å². The van der Waals surface area contributed by atoms with Crippen molar-refractivity contribution < 1.29 is 48.0 Å². The number of hydrogen-bond acceptors (Lipinski definition) is 1. The Kier molecular flexibility index (Phi) is 93.4. The molecule has 0 amide bonds. The van der Waals surface area contributed by atoms with Crippen LogP contribution in [0.1, 0.15) is 0 Å². The average Bonchev–Trinajstić information content (AvgIpc) is 1.00.